The molecule has 0 aliphatic heterocycles. The standard InChI is InChI=1S/C17H25NO4/c1-5-8-22-11-15-7-6-14(9-12(15)2)10-16(19)18-13(3)17(20)21-4/h6-7,9,13H,5,8,10-11H2,1-4H3,(H,18,19). The second kappa shape index (κ2) is 9.20. The number of methoxy groups -OCH3 is 1. The van der Waals surface area contributed by atoms with Crippen molar-refractivity contribution in [1.82, 2.24) is 5.32 Å². The topological polar surface area (TPSA) is 64.6 Å². The molecule has 0 aliphatic carbocycles. The Labute approximate surface area is 132 Å². The molecule has 0 radical (unpaired) electrons. The number of hydrogen-bond acceptors (Lipinski definition) is 4. The van der Waals surface area contributed by atoms with Crippen molar-refractivity contribution in [2.75, 3.05) is 13.7 Å². The van der Waals surface area contributed by atoms with Crippen LogP contribution in [0.4, 0.5) is 0 Å². The summed E-state index contributed by atoms with van der Waals surface area (Å²) in [6.45, 7) is 7.01. The molecule has 0 bridgehead atoms. The zero-order valence-electron chi connectivity index (χ0n) is 13.8. The number of carbonyl (C=O) groups excluding carboxylic acids is 2. The fraction of sp³-hybridized carbons (Fsp3) is 0.529. The van der Waals surface area contributed by atoms with E-state index in [-0.39, 0.29) is 12.3 Å². The molecule has 1 aromatic carbocycles. The van der Waals surface area contributed by atoms with Gasteiger partial charge in [-0.25, -0.2) is 4.79 Å². The molecule has 1 unspecified atom stereocenters. The van der Waals surface area contributed by atoms with Crippen molar-refractivity contribution in [3.8, 4) is 0 Å². The number of hydrogen-bond donors (Lipinski definition) is 1. The Kier molecular flexibility index (Phi) is 7.60. The van der Waals surface area contributed by atoms with Crippen LogP contribution in [0.3, 0.4) is 0 Å². The number of amides is 1. The highest BCUT2D eigenvalue weighted by molar-refractivity contribution is 5.85. The van der Waals surface area contributed by atoms with E-state index in [1.54, 1.807) is 6.92 Å². The Hall–Kier alpha value is -1.88. The smallest absolute Gasteiger partial charge is 0.328 e. The van der Waals surface area contributed by atoms with Crippen LogP contribution in [-0.2, 0) is 32.1 Å². The summed E-state index contributed by atoms with van der Waals surface area (Å²) in [6, 6.07) is 5.24. The van der Waals surface area contributed by atoms with Crippen LogP contribution >= 0.6 is 0 Å². The van der Waals surface area contributed by atoms with Crippen LogP contribution in [0.5, 0.6) is 0 Å². The Bertz CT molecular complexity index is 513. The first-order valence-electron chi connectivity index (χ1n) is 7.51. The van der Waals surface area contributed by atoms with E-state index in [1.165, 1.54) is 7.11 Å². The summed E-state index contributed by atoms with van der Waals surface area (Å²) in [5.41, 5.74) is 3.13. The Morgan fingerprint density at radius 3 is 2.64 bits per heavy atom. The van der Waals surface area contributed by atoms with Gasteiger partial charge in [-0.05, 0) is 37.0 Å². The number of benzene rings is 1. The van der Waals surface area contributed by atoms with Gasteiger partial charge < -0.3 is 14.8 Å². The molecule has 0 fully saturated rings. The molecule has 0 saturated heterocycles. The third kappa shape index (κ3) is 5.85. The molecule has 5 heteroatoms. The van der Waals surface area contributed by atoms with Gasteiger partial charge in [-0.15, -0.1) is 0 Å². The van der Waals surface area contributed by atoms with Crippen LogP contribution < -0.4 is 5.32 Å². The average molecular weight is 307 g/mol. The molecule has 1 N–H and O–H groups in total. The molecule has 1 amide bonds. The largest absolute Gasteiger partial charge is 0.467 e. The lowest BCUT2D eigenvalue weighted by Gasteiger charge is -2.12. The van der Waals surface area contributed by atoms with Crippen LogP contribution in [0.25, 0.3) is 0 Å². The first-order chi connectivity index (χ1) is 10.5. The van der Waals surface area contributed by atoms with Gasteiger partial charge in [-0.3, -0.25) is 4.79 Å². The number of ether oxygens (including phenoxy) is 2. The molecule has 1 rings (SSSR count). The van der Waals surface area contributed by atoms with Crippen molar-refractivity contribution >= 4 is 11.9 Å². The number of aryl methyl sites for hydroxylation is 1. The lowest BCUT2D eigenvalue weighted by molar-refractivity contribution is -0.144. The number of esters is 1. The maximum atomic E-state index is 11.9. The molecule has 0 aliphatic rings. The fourth-order valence-corrected chi connectivity index (χ4v) is 2.07. The van der Waals surface area contributed by atoms with Gasteiger partial charge in [0.15, 0.2) is 0 Å². The van der Waals surface area contributed by atoms with Gasteiger partial charge in [0.25, 0.3) is 0 Å². The molecule has 22 heavy (non-hydrogen) atoms. The predicted octanol–water partition coefficient (Wildman–Crippen LogP) is 2.14. The summed E-state index contributed by atoms with van der Waals surface area (Å²) in [4.78, 5) is 23.2. The van der Waals surface area contributed by atoms with Gasteiger partial charge in [-0.2, -0.15) is 0 Å². The van der Waals surface area contributed by atoms with Crippen molar-refractivity contribution in [2.45, 2.75) is 46.3 Å². The minimum Gasteiger partial charge on any atom is -0.467 e. The SMILES string of the molecule is CCCOCc1ccc(CC(=O)NC(C)C(=O)OC)cc1C. The highest BCUT2D eigenvalue weighted by Crippen LogP contribution is 2.13. The third-order valence-corrected chi connectivity index (χ3v) is 3.31. The molecule has 5 nitrogen and oxygen atoms in total. The summed E-state index contributed by atoms with van der Waals surface area (Å²) in [5.74, 6) is -0.653. The van der Waals surface area contributed by atoms with Crippen molar-refractivity contribution < 1.29 is 19.1 Å². The Morgan fingerprint density at radius 2 is 2.05 bits per heavy atom. The van der Waals surface area contributed by atoms with Gasteiger partial charge in [-0.1, -0.05) is 25.1 Å². The fourth-order valence-electron chi connectivity index (χ4n) is 2.07. The molecule has 122 valence electrons. The van der Waals surface area contributed by atoms with E-state index in [2.05, 4.69) is 17.0 Å². The first kappa shape index (κ1) is 18.2. The number of rotatable bonds is 8. The zero-order valence-corrected chi connectivity index (χ0v) is 13.8. The minimum absolute atomic E-state index is 0.202. The second-order valence-electron chi connectivity index (χ2n) is 5.30. The zero-order chi connectivity index (χ0) is 16.5. The molecule has 1 atom stereocenters. The third-order valence-electron chi connectivity index (χ3n) is 3.31. The molecular weight excluding hydrogens is 282 g/mol. The second-order valence-corrected chi connectivity index (χ2v) is 5.30. The summed E-state index contributed by atoms with van der Waals surface area (Å²) in [5, 5.41) is 2.62. The Morgan fingerprint density at radius 1 is 1.32 bits per heavy atom. The van der Waals surface area contributed by atoms with Crippen molar-refractivity contribution in [2.24, 2.45) is 0 Å². The van der Waals surface area contributed by atoms with Crippen molar-refractivity contribution in [1.29, 1.82) is 0 Å². The predicted molar refractivity (Wildman–Crippen MR) is 84.5 cm³/mol. The molecule has 0 heterocycles. The van der Waals surface area contributed by atoms with E-state index < -0.39 is 12.0 Å². The highest BCUT2D eigenvalue weighted by Gasteiger charge is 2.16. The Balaban J connectivity index is 2.57. The molecule has 0 saturated carbocycles. The average Bonchev–Trinajstić information content (AvgIpc) is 2.48. The molecule has 0 aromatic heterocycles. The molecule has 0 spiro atoms. The van der Waals surface area contributed by atoms with Crippen LogP contribution in [0, 0.1) is 6.92 Å². The summed E-state index contributed by atoms with van der Waals surface area (Å²) >= 11 is 0. The quantitative estimate of drug-likeness (QED) is 0.590. The van der Waals surface area contributed by atoms with Gasteiger partial charge in [0, 0.05) is 6.61 Å². The normalized spacial score (nSPS) is 11.8. The summed E-state index contributed by atoms with van der Waals surface area (Å²) < 4.78 is 10.1. The van der Waals surface area contributed by atoms with Gasteiger partial charge in [0.1, 0.15) is 6.04 Å². The van der Waals surface area contributed by atoms with E-state index in [1.807, 2.05) is 25.1 Å². The van der Waals surface area contributed by atoms with Crippen LogP contribution in [-0.4, -0.2) is 31.6 Å². The lowest BCUT2D eigenvalue weighted by atomic mass is 10.0. The summed E-state index contributed by atoms with van der Waals surface area (Å²) in [6.07, 6.45) is 1.23. The van der Waals surface area contributed by atoms with Gasteiger partial charge in [0.2, 0.25) is 5.91 Å². The maximum absolute atomic E-state index is 11.9. The van der Waals surface area contributed by atoms with Crippen LogP contribution in [0.2, 0.25) is 0 Å². The van der Waals surface area contributed by atoms with Gasteiger partial charge >= 0.3 is 5.97 Å². The minimum atomic E-state index is -0.639. The summed E-state index contributed by atoms with van der Waals surface area (Å²) in [7, 11) is 1.30. The first-order valence-corrected chi connectivity index (χ1v) is 7.51. The van der Waals surface area contributed by atoms with Crippen LogP contribution in [0.15, 0.2) is 18.2 Å². The van der Waals surface area contributed by atoms with E-state index >= 15 is 0 Å². The monoisotopic (exact) mass is 307 g/mol. The lowest BCUT2D eigenvalue weighted by Crippen LogP contribution is -2.39. The highest BCUT2D eigenvalue weighted by atomic mass is 16.5. The van der Waals surface area contributed by atoms with E-state index in [9.17, 15) is 9.59 Å². The maximum Gasteiger partial charge on any atom is 0.328 e. The van der Waals surface area contributed by atoms with Gasteiger partial charge in [0.05, 0.1) is 20.1 Å². The van der Waals surface area contributed by atoms with E-state index in [0.717, 1.165) is 29.7 Å². The van der Waals surface area contributed by atoms with E-state index in [4.69, 9.17) is 4.74 Å². The van der Waals surface area contributed by atoms with Crippen molar-refractivity contribution in [3.05, 3.63) is 34.9 Å². The number of nitrogens with one attached hydrogen (secondary N) is 1. The number of carbonyl (C=O) groups is 2. The molecular formula is C17H25NO4. The van der Waals surface area contributed by atoms with E-state index in [0.29, 0.717) is 6.61 Å². The van der Waals surface area contributed by atoms with Crippen molar-refractivity contribution in [3.63, 3.8) is 0 Å². The molecule has 1 aromatic rings. The van der Waals surface area contributed by atoms with Crippen LogP contribution in [0.1, 0.15) is 37.0 Å².